The maximum Gasteiger partial charge on any atom is 0.429 e. The van der Waals surface area contributed by atoms with Crippen molar-refractivity contribution in [1.82, 2.24) is 0 Å². The summed E-state index contributed by atoms with van der Waals surface area (Å²) in [6.07, 6.45) is -5.30. The molecule has 0 aromatic heterocycles. The number of benzene rings is 3. The van der Waals surface area contributed by atoms with Crippen LogP contribution < -0.4 is 4.74 Å². The standard InChI is InChI=1S/C24H17F7O3/c1-12-10-32-23(33-11-12)14-2-5-16(18(26)9-14)24(30,31)34-20-7-4-15(21(28)22(20)29)13-3-6-17(25)19(27)8-13/h2-9,12,23H,10-11H2,1H3. The topological polar surface area (TPSA) is 27.7 Å². The molecule has 1 saturated heterocycles. The average Bonchev–Trinajstić information content (AvgIpc) is 2.79. The minimum atomic E-state index is -4.37. The lowest BCUT2D eigenvalue weighted by Crippen LogP contribution is -2.26. The summed E-state index contributed by atoms with van der Waals surface area (Å²) in [6.45, 7) is 2.57. The predicted octanol–water partition coefficient (Wildman–Crippen LogP) is 6.86. The molecule has 1 heterocycles. The third kappa shape index (κ3) is 4.74. The predicted molar refractivity (Wildman–Crippen MR) is 106 cm³/mol. The van der Waals surface area contributed by atoms with E-state index in [1.54, 1.807) is 0 Å². The van der Waals surface area contributed by atoms with Crippen LogP contribution in [0.15, 0.2) is 48.5 Å². The van der Waals surface area contributed by atoms with Crippen molar-refractivity contribution < 1.29 is 44.9 Å². The van der Waals surface area contributed by atoms with Crippen molar-refractivity contribution in [2.75, 3.05) is 13.2 Å². The number of hydrogen-bond acceptors (Lipinski definition) is 3. The van der Waals surface area contributed by atoms with E-state index >= 15 is 0 Å². The van der Waals surface area contributed by atoms with Crippen molar-refractivity contribution in [2.24, 2.45) is 5.92 Å². The van der Waals surface area contributed by atoms with Gasteiger partial charge in [-0.3, -0.25) is 0 Å². The van der Waals surface area contributed by atoms with Crippen LogP contribution in [0.3, 0.4) is 0 Å². The van der Waals surface area contributed by atoms with Crippen molar-refractivity contribution in [3.63, 3.8) is 0 Å². The van der Waals surface area contributed by atoms with Crippen molar-refractivity contribution in [2.45, 2.75) is 19.3 Å². The highest BCUT2D eigenvalue weighted by atomic mass is 19.3. The van der Waals surface area contributed by atoms with E-state index in [1.165, 1.54) is 0 Å². The molecule has 3 nitrogen and oxygen atoms in total. The lowest BCUT2D eigenvalue weighted by atomic mass is 10.0. The summed E-state index contributed by atoms with van der Waals surface area (Å²) in [4.78, 5) is 0. The Morgan fingerprint density at radius 2 is 1.50 bits per heavy atom. The van der Waals surface area contributed by atoms with Gasteiger partial charge in [0.1, 0.15) is 5.82 Å². The van der Waals surface area contributed by atoms with E-state index in [-0.39, 0.29) is 17.0 Å². The van der Waals surface area contributed by atoms with E-state index in [1.807, 2.05) is 6.92 Å². The lowest BCUT2D eigenvalue weighted by molar-refractivity contribution is -0.202. The summed E-state index contributed by atoms with van der Waals surface area (Å²) in [6, 6.07) is 6.53. The zero-order valence-electron chi connectivity index (χ0n) is 17.6. The zero-order valence-corrected chi connectivity index (χ0v) is 17.6. The van der Waals surface area contributed by atoms with Gasteiger partial charge in [0.15, 0.2) is 29.5 Å². The Morgan fingerprint density at radius 3 is 2.15 bits per heavy atom. The third-order valence-electron chi connectivity index (χ3n) is 5.16. The number of halogens is 7. The largest absolute Gasteiger partial charge is 0.429 e. The van der Waals surface area contributed by atoms with Crippen LogP contribution in [-0.4, -0.2) is 13.2 Å². The van der Waals surface area contributed by atoms with Gasteiger partial charge in [-0.1, -0.05) is 19.1 Å². The first-order valence-corrected chi connectivity index (χ1v) is 10.1. The molecule has 180 valence electrons. The zero-order chi connectivity index (χ0) is 24.6. The van der Waals surface area contributed by atoms with Crippen molar-refractivity contribution in [1.29, 1.82) is 0 Å². The highest BCUT2D eigenvalue weighted by Gasteiger charge is 2.39. The summed E-state index contributed by atoms with van der Waals surface area (Å²) in [7, 11) is 0. The Kier molecular flexibility index (Phi) is 6.55. The minimum absolute atomic E-state index is 0.127. The molecular formula is C24H17F7O3. The SMILES string of the molecule is CC1COC(c2ccc(C(F)(F)Oc3ccc(-c4ccc(F)c(F)c4)c(F)c3F)c(F)c2)OC1. The van der Waals surface area contributed by atoms with Crippen molar-refractivity contribution in [3.05, 3.63) is 88.7 Å². The Morgan fingerprint density at radius 1 is 0.794 bits per heavy atom. The van der Waals surface area contributed by atoms with Gasteiger partial charge in [-0.15, -0.1) is 0 Å². The van der Waals surface area contributed by atoms with E-state index in [0.29, 0.717) is 31.4 Å². The Hall–Kier alpha value is -3.11. The lowest BCUT2D eigenvalue weighted by Gasteiger charge is -2.28. The quantitative estimate of drug-likeness (QED) is 0.369. The second kappa shape index (κ2) is 9.27. The van der Waals surface area contributed by atoms with E-state index in [2.05, 4.69) is 4.74 Å². The minimum Gasteiger partial charge on any atom is -0.426 e. The summed E-state index contributed by atoms with van der Waals surface area (Å²) in [5, 5.41) is 0. The van der Waals surface area contributed by atoms with Crippen molar-refractivity contribution >= 4 is 0 Å². The summed E-state index contributed by atoms with van der Waals surface area (Å²) < 4.78 is 114. The number of rotatable bonds is 5. The molecule has 0 amide bonds. The molecule has 3 aromatic carbocycles. The molecule has 0 N–H and O–H groups in total. The molecule has 1 aliphatic rings. The van der Waals surface area contributed by atoms with Crippen LogP contribution in [0.4, 0.5) is 30.7 Å². The van der Waals surface area contributed by atoms with Gasteiger partial charge in [-0.25, -0.2) is 17.6 Å². The van der Waals surface area contributed by atoms with E-state index in [4.69, 9.17) is 9.47 Å². The van der Waals surface area contributed by atoms with Gasteiger partial charge >= 0.3 is 6.11 Å². The van der Waals surface area contributed by atoms with E-state index < -0.39 is 58.4 Å². The first-order chi connectivity index (χ1) is 16.1. The number of alkyl halides is 2. The van der Waals surface area contributed by atoms with E-state index in [9.17, 15) is 30.7 Å². The highest BCUT2D eigenvalue weighted by Crippen LogP contribution is 2.38. The van der Waals surface area contributed by atoms with E-state index in [0.717, 1.165) is 30.3 Å². The molecule has 34 heavy (non-hydrogen) atoms. The third-order valence-corrected chi connectivity index (χ3v) is 5.16. The fourth-order valence-corrected chi connectivity index (χ4v) is 3.40. The van der Waals surface area contributed by atoms with Crippen LogP contribution in [0, 0.1) is 35.0 Å². The van der Waals surface area contributed by atoms with Gasteiger partial charge in [0, 0.05) is 17.0 Å². The Balaban J connectivity index is 1.58. The number of hydrogen-bond donors (Lipinski definition) is 0. The smallest absolute Gasteiger partial charge is 0.426 e. The van der Waals surface area contributed by atoms with Crippen LogP contribution in [0.5, 0.6) is 5.75 Å². The normalized spacial score (nSPS) is 18.7. The van der Waals surface area contributed by atoms with Crippen LogP contribution in [0.25, 0.3) is 11.1 Å². The Labute approximate surface area is 189 Å². The van der Waals surface area contributed by atoms with Crippen LogP contribution in [-0.2, 0) is 15.6 Å². The molecule has 1 aliphatic heterocycles. The molecule has 4 rings (SSSR count). The van der Waals surface area contributed by atoms with Gasteiger partial charge in [0.05, 0.1) is 18.8 Å². The van der Waals surface area contributed by atoms with Gasteiger partial charge in [0.2, 0.25) is 5.82 Å². The van der Waals surface area contributed by atoms with Gasteiger partial charge in [-0.05, 0) is 42.0 Å². The van der Waals surface area contributed by atoms with Crippen molar-refractivity contribution in [3.8, 4) is 16.9 Å². The van der Waals surface area contributed by atoms with Crippen LogP contribution in [0.1, 0.15) is 24.3 Å². The monoisotopic (exact) mass is 486 g/mol. The highest BCUT2D eigenvalue weighted by molar-refractivity contribution is 5.65. The molecule has 0 aliphatic carbocycles. The summed E-state index contributed by atoms with van der Waals surface area (Å²) in [5.74, 6) is -8.39. The molecule has 0 atom stereocenters. The van der Waals surface area contributed by atoms with Gasteiger partial charge in [-0.2, -0.15) is 13.2 Å². The molecular weight excluding hydrogens is 469 g/mol. The molecule has 10 heteroatoms. The Bertz CT molecular complexity index is 1210. The molecule has 1 fully saturated rings. The first kappa shape index (κ1) is 24.0. The molecule has 0 unspecified atom stereocenters. The molecule has 0 radical (unpaired) electrons. The molecule has 0 bridgehead atoms. The molecule has 0 spiro atoms. The van der Waals surface area contributed by atoms with Crippen LogP contribution >= 0.6 is 0 Å². The maximum absolute atomic E-state index is 14.7. The fourth-order valence-electron chi connectivity index (χ4n) is 3.40. The molecule has 3 aromatic rings. The van der Waals surface area contributed by atoms with Gasteiger partial charge in [0.25, 0.3) is 0 Å². The van der Waals surface area contributed by atoms with Gasteiger partial charge < -0.3 is 14.2 Å². The maximum atomic E-state index is 14.7. The average molecular weight is 486 g/mol. The summed E-state index contributed by atoms with van der Waals surface area (Å²) >= 11 is 0. The molecule has 0 saturated carbocycles. The second-order valence-corrected chi connectivity index (χ2v) is 7.83. The second-order valence-electron chi connectivity index (χ2n) is 7.83. The fraction of sp³-hybridized carbons (Fsp3) is 0.250. The first-order valence-electron chi connectivity index (χ1n) is 10.1. The summed E-state index contributed by atoms with van der Waals surface area (Å²) in [5.41, 5.74) is -1.79. The number of ether oxygens (including phenoxy) is 3. The van der Waals surface area contributed by atoms with Crippen LogP contribution in [0.2, 0.25) is 0 Å².